The van der Waals surface area contributed by atoms with Crippen molar-refractivity contribution in [1.29, 1.82) is 0 Å². The molecule has 0 saturated carbocycles. The number of halogens is 1. The zero-order chi connectivity index (χ0) is 15.6. The summed E-state index contributed by atoms with van der Waals surface area (Å²) in [6.45, 7) is -0.000881. The smallest absolute Gasteiger partial charge is 0.385 e. The molecule has 1 aliphatic heterocycles. The molecule has 1 aromatic heterocycles. The van der Waals surface area contributed by atoms with Crippen molar-refractivity contribution >= 4 is 37.1 Å². The predicted octanol–water partition coefficient (Wildman–Crippen LogP) is -0.515. The molecule has 5 atom stereocenters. The van der Waals surface area contributed by atoms with E-state index in [4.69, 9.17) is 23.0 Å². The van der Waals surface area contributed by atoms with Crippen molar-refractivity contribution in [2.75, 3.05) is 12.3 Å². The van der Waals surface area contributed by atoms with Crippen molar-refractivity contribution in [3.05, 3.63) is 22.7 Å². The van der Waals surface area contributed by atoms with Gasteiger partial charge in [0.05, 0.1) is 6.61 Å². The zero-order valence-electron chi connectivity index (χ0n) is 10.4. The third-order valence-corrected chi connectivity index (χ3v) is 3.66. The molecule has 0 aromatic carbocycles. The molecule has 1 saturated heterocycles. The summed E-state index contributed by atoms with van der Waals surface area (Å²) in [6, 6.07) is 1.36. The molecule has 2 rings (SSSR count). The van der Waals surface area contributed by atoms with Crippen LogP contribution in [0.3, 0.4) is 0 Å². The molecule has 2 heterocycles. The first-order chi connectivity index (χ1) is 9.93. The second kappa shape index (κ2) is 7.05. The van der Waals surface area contributed by atoms with Crippen LogP contribution in [0, 0.1) is 0 Å². The number of nitrogen functional groups attached to an aromatic ring is 1. The molecule has 21 heavy (non-hydrogen) atoms. The van der Waals surface area contributed by atoms with Crippen LogP contribution in [0.5, 0.6) is 0 Å². The van der Waals surface area contributed by atoms with Crippen molar-refractivity contribution in [3.8, 4) is 0 Å². The largest absolute Gasteiger partial charge is 0.695 e. The minimum atomic E-state index is -2.95. The van der Waals surface area contributed by atoms with E-state index in [0.717, 1.165) is 4.57 Å². The van der Waals surface area contributed by atoms with E-state index in [-0.39, 0.29) is 12.4 Å². The van der Waals surface area contributed by atoms with Gasteiger partial charge in [-0.1, -0.05) is 0 Å². The highest BCUT2D eigenvalue weighted by atomic mass is 127. The molecule has 4 N–H and O–H groups in total. The van der Waals surface area contributed by atoms with E-state index in [1.165, 1.54) is 12.3 Å². The van der Waals surface area contributed by atoms with Crippen LogP contribution < -0.4 is 11.4 Å². The summed E-state index contributed by atoms with van der Waals surface area (Å²) >= 11 is 1.61. The van der Waals surface area contributed by atoms with Crippen LogP contribution in [-0.4, -0.2) is 44.5 Å². The SMILES string of the molecule is Nc1ccn([C@@H]2O[C@H](COI)[C@@H](O[P+](=O)O)[C@H]2O)c(=O)n1. The van der Waals surface area contributed by atoms with Crippen molar-refractivity contribution in [2.24, 2.45) is 0 Å². The Morgan fingerprint density at radius 2 is 2.33 bits per heavy atom. The summed E-state index contributed by atoms with van der Waals surface area (Å²) in [4.78, 5) is 24.1. The minimum Gasteiger partial charge on any atom is -0.385 e. The second-order valence-electron chi connectivity index (χ2n) is 4.18. The molecule has 0 bridgehead atoms. The number of hydrogen-bond acceptors (Lipinski definition) is 8. The van der Waals surface area contributed by atoms with Crippen LogP contribution in [0.4, 0.5) is 5.82 Å². The normalized spacial score (nSPS) is 29.6. The Morgan fingerprint density at radius 3 is 2.90 bits per heavy atom. The Bertz CT molecular complexity index is 585. The number of hydrogen-bond donors (Lipinski definition) is 3. The maximum atomic E-state index is 11.8. The molecule has 1 unspecified atom stereocenters. The summed E-state index contributed by atoms with van der Waals surface area (Å²) in [7, 11) is -2.95. The highest BCUT2D eigenvalue weighted by Crippen LogP contribution is 2.35. The van der Waals surface area contributed by atoms with Crippen molar-refractivity contribution in [1.82, 2.24) is 9.55 Å². The summed E-state index contributed by atoms with van der Waals surface area (Å²) in [5.41, 5.74) is 4.66. The van der Waals surface area contributed by atoms with Crippen LogP contribution >= 0.6 is 31.3 Å². The molecule has 1 aromatic rings. The number of rotatable bonds is 5. The first-order valence-electron chi connectivity index (χ1n) is 5.68. The van der Waals surface area contributed by atoms with Gasteiger partial charge in [0.2, 0.25) is 0 Å². The number of aliphatic hydroxyl groups is 1. The fourth-order valence-electron chi connectivity index (χ4n) is 2.00. The molecule has 10 nitrogen and oxygen atoms in total. The Kier molecular flexibility index (Phi) is 5.60. The van der Waals surface area contributed by atoms with Gasteiger partial charge in [-0.25, -0.2) is 4.79 Å². The van der Waals surface area contributed by atoms with Gasteiger partial charge in [0.15, 0.2) is 12.3 Å². The van der Waals surface area contributed by atoms with Gasteiger partial charge in [0.1, 0.15) is 41.0 Å². The van der Waals surface area contributed by atoms with Crippen LogP contribution in [-0.2, 0) is 16.9 Å². The van der Waals surface area contributed by atoms with E-state index in [9.17, 15) is 14.5 Å². The fraction of sp³-hybridized carbons (Fsp3) is 0.556. The maximum Gasteiger partial charge on any atom is 0.695 e. The molecule has 0 amide bonds. The lowest BCUT2D eigenvalue weighted by molar-refractivity contribution is -0.0473. The number of nitrogens with two attached hydrogens (primary N) is 1. The molecule has 12 heteroatoms. The molecule has 0 spiro atoms. The van der Waals surface area contributed by atoms with Gasteiger partial charge in [-0.3, -0.25) is 4.57 Å². The topological polar surface area (TPSA) is 146 Å². The Hall–Kier alpha value is -0.690. The summed E-state index contributed by atoms with van der Waals surface area (Å²) < 4.78 is 26.9. The van der Waals surface area contributed by atoms with E-state index in [1.807, 2.05) is 0 Å². The molecule has 0 aliphatic carbocycles. The first-order valence-corrected chi connectivity index (χ1v) is 7.69. The average molecular weight is 432 g/mol. The molecule has 1 fully saturated rings. The van der Waals surface area contributed by atoms with Gasteiger partial charge in [-0.05, 0) is 6.07 Å². The third kappa shape index (κ3) is 3.74. The average Bonchev–Trinajstić information content (AvgIpc) is 2.68. The quantitative estimate of drug-likeness (QED) is 0.414. The first kappa shape index (κ1) is 16.7. The lowest BCUT2D eigenvalue weighted by Gasteiger charge is -2.16. The minimum absolute atomic E-state index is 0.000881. The van der Waals surface area contributed by atoms with E-state index in [2.05, 4.69) is 4.98 Å². The van der Waals surface area contributed by atoms with E-state index in [0.29, 0.717) is 0 Å². The standard InChI is InChI=1S/C9H11IN3O7P/c10-18-3-4-7(20-21(16)17)6(14)8(19-4)13-2-1-5(11)12-9(13)15/h1-2,4,6-8,14H,3H2,(H2-,11,12,15,16,17)/p+1/t4-,6-,7-,8-/m1/s1. The van der Waals surface area contributed by atoms with Gasteiger partial charge in [0.25, 0.3) is 0 Å². The number of aromatic nitrogens is 2. The van der Waals surface area contributed by atoms with Crippen LogP contribution in [0.1, 0.15) is 6.23 Å². The number of nitrogens with zero attached hydrogens (tertiary/aromatic N) is 2. The highest BCUT2D eigenvalue weighted by molar-refractivity contribution is 14.1. The van der Waals surface area contributed by atoms with E-state index in [1.54, 1.807) is 23.0 Å². The van der Waals surface area contributed by atoms with E-state index < -0.39 is 38.5 Å². The molecule has 116 valence electrons. The van der Waals surface area contributed by atoms with Gasteiger partial charge >= 0.3 is 13.9 Å². The highest BCUT2D eigenvalue weighted by Gasteiger charge is 2.50. The van der Waals surface area contributed by atoms with Crippen molar-refractivity contribution in [3.63, 3.8) is 0 Å². The third-order valence-electron chi connectivity index (χ3n) is 2.87. The summed E-state index contributed by atoms with van der Waals surface area (Å²) in [6.07, 6.45) is -3.11. The van der Waals surface area contributed by atoms with Gasteiger partial charge in [0, 0.05) is 10.8 Å². The number of aliphatic hydroxyl groups excluding tert-OH is 1. The van der Waals surface area contributed by atoms with Crippen LogP contribution in [0.2, 0.25) is 0 Å². The van der Waals surface area contributed by atoms with Crippen molar-refractivity contribution < 1.29 is 26.9 Å². The number of ether oxygens (including phenoxy) is 1. The molecular formula is C9H12IN3O7P+. The monoisotopic (exact) mass is 432 g/mol. The Morgan fingerprint density at radius 1 is 1.62 bits per heavy atom. The Labute approximate surface area is 133 Å². The molecular weight excluding hydrogens is 420 g/mol. The zero-order valence-corrected chi connectivity index (χ0v) is 13.5. The molecule has 1 aliphatic rings. The molecule has 0 radical (unpaired) electrons. The fourth-order valence-corrected chi connectivity index (χ4v) is 2.82. The lowest BCUT2D eigenvalue weighted by Crippen LogP contribution is -2.36. The van der Waals surface area contributed by atoms with Gasteiger partial charge < -0.3 is 18.6 Å². The van der Waals surface area contributed by atoms with Crippen LogP contribution in [0.25, 0.3) is 0 Å². The lowest BCUT2D eigenvalue weighted by atomic mass is 10.1. The van der Waals surface area contributed by atoms with Gasteiger partial charge in [-0.15, -0.1) is 9.42 Å². The predicted molar refractivity (Wildman–Crippen MR) is 77.5 cm³/mol. The van der Waals surface area contributed by atoms with E-state index >= 15 is 0 Å². The van der Waals surface area contributed by atoms with Crippen molar-refractivity contribution in [2.45, 2.75) is 24.5 Å². The van der Waals surface area contributed by atoms with Gasteiger partial charge in [-0.2, -0.15) is 4.98 Å². The van der Waals surface area contributed by atoms with Crippen LogP contribution in [0.15, 0.2) is 17.1 Å². The Balaban J connectivity index is 2.28. The second-order valence-corrected chi connectivity index (χ2v) is 5.49. The maximum absolute atomic E-state index is 11.8. The summed E-state index contributed by atoms with van der Waals surface area (Å²) in [5, 5.41) is 10.2. The summed E-state index contributed by atoms with van der Waals surface area (Å²) in [5.74, 6) is 0.0297. The number of anilines is 1.